The van der Waals surface area contributed by atoms with Gasteiger partial charge in [0.15, 0.2) is 0 Å². The van der Waals surface area contributed by atoms with E-state index in [1.807, 2.05) is 47.4 Å². The van der Waals surface area contributed by atoms with E-state index in [9.17, 15) is 13.2 Å². The Balaban J connectivity index is 1.52. The Hall–Kier alpha value is -2.38. The maximum atomic E-state index is 12.7. The summed E-state index contributed by atoms with van der Waals surface area (Å²) in [6.45, 7) is 3.41. The van der Waals surface area contributed by atoms with Gasteiger partial charge in [-0.3, -0.25) is 4.79 Å². The lowest BCUT2D eigenvalue weighted by atomic mass is 10.1. The number of hydrogen-bond acceptors (Lipinski definition) is 4. The number of benzene rings is 2. The number of carbonyl (C=O) groups excluding carboxylic acids is 1. The molecule has 0 bridgehead atoms. The zero-order valence-electron chi connectivity index (χ0n) is 15.5. The number of para-hydroxylation sites is 1. The van der Waals surface area contributed by atoms with E-state index < -0.39 is 10.0 Å². The van der Waals surface area contributed by atoms with Crippen molar-refractivity contribution in [2.75, 3.05) is 43.9 Å². The van der Waals surface area contributed by atoms with E-state index in [-0.39, 0.29) is 5.91 Å². The second-order valence-electron chi connectivity index (χ2n) is 6.73. The molecule has 0 radical (unpaired) electrons. The number of sulfonamides is 1. The van der Waals surface area contributed by atoms with Gasteiger partial charge in [0.05, 0.1) is 6.26 Å². The normalized spacial score (nSPS) is 15.0. The van der Waals surface area contributed by atoms with E-state index in [1.54, 1.807) is 0 Å². The van der Waals surface area contributed by atoms with Crippen LogP contribution < -0.4 is 9.62 Å². The molecule has 1 N–H and O–H groups in total. The number of rotatable bonds is 6. The van der Waals surface area contributed by atoms with Crippen LogP contribution in [0, 0.1) is 0 Å². The highest BCUT2D eigenvalue weighted by molar-refractivity contribution is 7.88. The van der Waals surface area contributed by atoms with Crippen LogP contribution in [0.4, 0.5) is 5.69 Å². The fourth-order valence-electron chi connectivity index (χ4n) is 3.18. The first-order chi connectivity index (χ1) is 12.9. The van der Waals surface area contributed by atoms with Crippen molar-refractivity contribution in [3.05, 3.63) is 65.7 Å². The third-order valence-corrected chi connectivity index (χ3v) is 5.40. The standard InChI is InChI=1S/C20H25N3O3S/c1-27(25,26)21-12-11-17-7-9-18(10-8-17)20(24)23-15-13-22(14-16-23)19-5-3-2-4-6-19/h2-10,21H,11-16H2,1H3. The highest BCUT2D eigenvalue weighted by atomic mass is 32.2. The lowest BCUT2D eigenvalue weighted by Crippen LogP contribution is -2.48. The lowest BCUT2D eigenvalue weighted by Gasteiger charge is -2.36. The molecular formula is C20H25N3O3S. The average Bonchev–Trinajstić information content (AvgIpc) is 2.68. The van der Waals surface area contributed by atoms with Gasteiger partial charge >= 0.3 is 0 Å². The molecule has 0 aromatic heterocycles. The van der Waals surface area contributed by atoms with Gasteiger partial charge < -0.3 is 9.80 Å². The summed E-state index contributed by atoms with van der Waals surface area (Å²) in [7, 11) is -3.17. The van der Waals surface area contributed by atoms with E-state index in [0.717, 1.165) is 24.9 Å². The minimum atomic E-state index is -3.17. The molecule has 3 rings (SSSR count). The van der Waals surface area contributed by atoms with Crippen LogP contribution in [0.25, 0.3) is 0 Å². The first-order valence-corrected chi connectivity index (χ1v) is 10.9. The number of nitrogens with zero attached hydrogens (tertiary/aromatic N) is 2. The zero-order valence-corrected chi connectivity index (χ0v) is 16.3. The quantitative estimate of drug-likeness (QED) is 0.820. The summed E-state index contributed by atoms with van der Waals surface area (Å²) in [4.78, 5) is 16.9. The van der Waals surface area contributed by atoms with Crippen LogP contribution in [0.2, 0.25) is 0 Å². The monoisotopic (exact) mass is 387 g/mol. The summed E-state index contributed by atoms with van der Waals surface area (Å²) >= 11 is 0. The van der Waals surface area contributed by atoms with Crippen molar-refractivity contribution >= 4 is 21.6 Å². The van der Waals surface area contributed by atoms with Crippen molar-refractivity contribution in [3.63, 3.8) is 0 Å². The summed E-state index contributed by atoms with van der Waals surface area (Å²) < 4.78 is 24.6. The van der Waals surface area contributed by atoms with Gasteiger partial charge in [-0.1, -0.05) is 30.3 Å². The molecule has 144 valence electrons. The largest absolute Gasteiger partial charge is 0.368 e. The van der Waals surface area contributed by atoms with Gasteiger partial charge in [0.1, 0.15) is 0 Å². The molecular weight excluding hydrogens is 362 g/mol. The molecule has 2 aromatic rings. The van der Waals surface area contributed by atoms with E-state index in [2.05, 4.69) is 21.8 Å². The number of piperazine rings is 1. The first kappa shape index (κ1) is 19.4. The van der Waals surface area contributed by atoms with E-state index in [0.29, 0.717) is 31.6 Å². The van der Waals surface area contributed by atoms with E-state index >= 15 is 0 Å². The second kappa shape index (κ2) is 8.54. The van der Waals surface area contributed by atoms with Crippen molar-refractivity contribution in [2.45, 2.75) is 6.42 Å². The Labute approximate surface area is 160 Å². The highest BCUT2D eigenvalue weighted by Crippen LogP contribution is 2.17. The molecule has 0 spiro atoms. The molecule has 1 aliphatic rings. The Morgan fingerprint density at radius 1 is 0.963 bits per heavy atom. The third-order valence-electron chi connectivity index (χ3n) is 4.67. The van der Waals surface area contributed by atoms with Gasteiger partial charge in [0.25, 0.3) is 5.91 Å². The summed E-state index contributed by atoms with van der Waals surface area (Å²) in [6.07, 6.45) is 1.74. The van der Waals surface area contributed by atoms with Gasteiger partial charge in [-0.15, -0.1) is 0 Å². The van der Waals surface area contributed by atoms with Crippen LogP contribution in [-0.2, 0) is 16.4 Å². The molecule has 6 nitrogen and oxygen atoms in total. The molecule has 1 aliphatic heterocycles. The number of nitrogens with one attached hydrogen (secondary N) is 1. The van der Waals surface area contributed by atoms with Gasteiger partial charge in [-0.2, -0.15) is 0 Å². The predicted octanol–water partition coefficient (Wildman–Crippen LogP) is 1.74. The van der Waals surface area contributed by atoms with Gasteiger partial charge in [-0.25, -0.2) is 13.1 Å². The second-order valence-corrected chi connectivity index (χ2v) is 8.56. The Bertz CT molecular complexity index is 859. The predicted molar refractivity (Wildman–Crippen MR) is 108 cm³/mol. The minimum absolute atomic E-state index is 0.0449. The SMILES string of the molecule is CS(=O)(=O)NCCc1ccc(C(=O)N2CCN(c3ccccc3)CC2)cc1. The van der Waals surface area contributed by atoms with Gasteiger partial charge in [-0.05, 0) is 36.2 Å². The Morgan fingerprint density at radius 3 is 2.19 bits per heavy atom. The average molecular weight is 388 g/mol. The minimum Gasteiger partial charge on any atom is -0.368 e. The van der Waals surface area contributed by atoms with Crippen LogP contribution in [0.15, 0.2) is 54.6 Å². The van der Waals surface area contributed by atoms with Gasteiger partial charge in [0, 0.05) is 44.0 Å². The van der Waals surface area contributed by atoms with E-state index in [4.69, 9.17) is 0 Å². The molecule has 7 heteroatoms. The van der Waals surface area contributed by atoms with E-state index in [1.165, 1.54) is 5.69 Å². The highest BCUT2D eigenvalue weighted by Gasteiger charge is 2.22. The first-order valence-electron chi connectivity index (χ1n) is 9.05. The van der Waals surface area contributed by atoms with Crippen LogP contribution in [-0.4, -0.2) is 58.2 Å². The summed E-state index contributed by atoms with van der Waals surface area (Å²) in [5, 5.41) is 0. The number of anilines is 1. The lowest BCUT2D eigenvalue weighted by molar-refractivity contribution is 0.0747. The topological polar surface area (TPSA) is 69.7 Å². The maximum Gasteiger partial charge on any atom is 0.253 e. The molecule has 2 aromatic carbocycles. The van der Waals surface area contributed by atoms with Crippen LogP contribution in [0.1, 0.15) is 15.9 Å². The Kier molecular flexibility index (Phi) is 6.13. The fourth-order valence-corrected chi connectivity index (χ4v) is 3.66. The fraction of sp³-hybridized carbons (Fsp3) is 0.350. The summed E-state index contributed by atoms with van der Waals surface area (Å²) in [5.74, 6) is 0.0449. The van der Waals surface area contributed by atoms with Crippen molar-refractivity contribution in [3.8, 4) is 0 Å². The maximum absolute atomic E-state index is 12.7. The molecule has 1 amide bonds. The smallest absolute Gasteiger partial charge is 0.253 e. The Morgan fingerprint density at radius 2 is 1.59 bits per heavy atom. The zero-order chi connectivity index (χ0) is 19.3. The molecule has 0 saturated carbocycles. The van der Waals surface area contributed by atoms with Crippen molar-refractivity contribution in [1.82, 2.24) is 9.62 Å². The summed E-state index contributed by atoms with van der Waals surface area (Å²) in [5.41, 5.74) is 2.86. The molecule has 1 fully saturated rings. The van der Waals surface area contributed by atoms with Crippen LogP contribution in [0.3, 0.4) is 0 Å². The molecule has 1 heterocycles. The molecule has 0 atom stereocenters. The molecule has 0 unspecified atom stereocenters. The third kappa shape index (κ3) is 5.55. The van der Waals surface area contributed by atoms with Crippen molar-refractivity contribution in [1.29, 1.82) is 0 Å². The van der Waals surface area contributed by atoms with Crippen molar-refractivity contribution in [2.24, 2.45) is 0 Å². The van der Waals surface area contributed by atoms with Crippen LogP contribution in [0.5, 0.6) is 0 Å². The molecule has 1 saturated heterocycles. The van der Waals surface area contributed by atoms with Gasteiger partial charge in [0.2, 0.25) is 10.0 Å². The summed E-state index contributed by atoms with van der Waals surface area (Å²) in [6, 6.07) is 17.7. The number of hydrogen-bond donors (Lipinski definition) is 1. The molecule has 27 heavy (non-hydrogen) atoms. The van der Waals surface area contributed by atoms with Crippen LogP contribution >= 0.6 is 0 Å². The molecule has 0 aliphatic carbocycles. The number of amides is 1. The van der Waals surface area contributed by atoms with Crippen molar-refractivity contribution < 1.29 is 13.2 Å². The number of carbonyl (C=O) groups is 1.